The average molecular weight is 334 g/mol. The summed E-state index contributed by atoms with van der Waals surface area (Å²) in [5.74, 6) is 0. The molecule has 2 rings (SSSR count). The van der Waals surface area contributed by atoms with Crippen LogP contribution in [-0.2, 0) is 4.74 Å². The number of hydrogen-bond donors (Lipinski definition) is 2. The number of likely N-dealkylation sites (tertiary alicyclic amines) is 1. The first kappa shape index (κ1) is 17.9. The molecular weight excluding hydrogens is 308 g/mol. The van der Waals surface area contributed by atoms with Crippen LogP contribution in [0.25, 0.3) is 0 Å². The van der Waals surface area contributed by atoms with Crippen LogP contribution >= 0.6 is 0 Å². The normalized spacial score (nSPS) is 14.9. The molecule has 1 aromatic rings. The molecule has 7 nitrogen and oxygen atoms in total. The van der Waals surface area contributed by atoms with Crippen LogP contribution in [0.3, 0.4) is 0 Å². The van der Waals surface area contributed by atoms with E-state index >= 15 is 0 Å². The number of nitrogens with one attached hydrogen (secondary N) is 2. The van der Waals surface area contributed by atoms with Gasteiger partial charge in [-0.05, 0) is 44.0 Å². The van der Waals surface area contributed by atoms with Crippen molar-refractivity contribution in [3.8, 4) is 0 Å². The highest BCUT2D eigenvalue weighted by atomic mass is 16.6. The summed E-state index contributed by atoms with van der Waals surface area (Å²) in [5.41, 5.74) is 1.83. The van der Waals surface area contributed by atoms with Crippen molar-refractivity contribution in [3.05, 3.63) is 24.3 Å². The topological polar surface area (TPSA) is 73.9 Å². The van der Waals surface area contributed by atoms with E-state index < -0.39 is 0 Å². The van der Waals surface area contributed by atoms with Crippen molar-refractivity contribution >= 4 is 23.5 Å². The maximum absolute atomic E-state index is 12.1. The summed E-state index contributed by atoms with van der Waals surface area (Å²) >= 11 is 0. The van der Waals surface area contributed by atoms with Crippen molar-refractivity contribution < 1.29 is 14.3 Å². The van der Waals surface area contributed by atoms with Crippen LogP contribution in [0.1, 0.15) is 19.8 Å². The summed E-state index contributed by atoms with van der Waals surface area (Å²) in [6, 6.07) is 7.50. The summed E-state index contributed by atoms with van der Waals surface area (Å²) < 4.78 is 4.99. The summed E-state index contributed by atoms with van der Waals surface area (Å²) in [7, 11) is 3.94. The Morgan fingerprint density at radius 3 is 2.38 bits per heavy atom. The number of ether oxygens (including phenoxy) is 1. The fourth-order valence-electron chi connectivity index (χ4n) is 2.62. The second-order valence-corrected chi connectivity index (χ2v) is 6.00. The maximum atomic E-state index is 12.1. The van der Waals surface area contributed by atoms with Gasteiger partial charge in [0.25, 0.3) is 0 Å². The number of hydrogen-bond acceptors (Lipinski definition) is 4. The zero-order valence-electron chi connectivity index (χ0n) is 14.5. The Labute approximate surface area is 142 Å². The first-order valence-electron chi connectivity index (χ1n) is 8.26. The van der Waals surface area contributed by atoms with Crippen LogP contribution in [0.2, 0.25) is 0 Å². The van der Waals surface area contributed by atoms with Gasteiger partial charge in [0.1, 0.15) is 0 Å². The van der Waals surface area contributed by atoms with Gasteiger partial charge in [0, 0.05) is 44.6 Å². The lowest BCUT2D eigenvalue weighted by Crippen LogP contribution is -2.47. The Bertz CT molecular complexity index is 551. The number of anilines is 2. The molecule has 0 aliphatic carbocycles. The number of benzene rings is 1. The number of rotatable bonds is 4. The van der Waals surface area contributed by atoms with Gasteiger partial charge in [-0.1, -0.05) is 0 Å². The van der Waals surface area contributed by atoms with Crippen molar-refractivity contribution in [1.29, 1.82) is 0 Å². The minimum absolute atomic E-state index is 0.0664. The first-order valence-corrected chi connectivity index (χ1v) is 8.26. The average Bonchev–Trinajstić information content (AvgIpc) is 2.56. The fourth-order valence-corrected chi connectivity index (χ4v) is 2.62. The van der Waals surface area contributed by atoms with Gasteiger partial charge in [-0.25, -0.2) is 9.59 Å². The lowest BCUT2D eigenvalue weighted by atomic mass is 10.1. The Morgan fingerprint density at radius 2 is 1.83 bits per heavy atom. The van der Waals surface area contributed by atoms with Gasteiger partial charge in [0.15, 0.2) is 0 Å². The van der Waals surface area contributed by atoms with E-state index in [1.54, 1.807) is 11.8 Å². The molecule has 24 heavy (non-hydrogen) atoms. The van der Waals surface area contributed by atoms with Gasteiger partial charge >= 0.3 is 12.1 Å². The lowest BCUT2D eigenvalue weighted by Gasteiger charge is -2.31. The highest BCUT2D eigenvalue weighted by molar-refractivity contribution is 5.89. The van der Waals surface area contributed by atoms with Crippen LogP contribution < -0.4 is 15.5 Å². The number of carbonyl (C=O) groups excluding carboxylic acids is 2. The molecule has 0 aromatic heterocycles. The van der Waals surface area contributed by atoms with Gasteiger partial charge in [0.2, 0.25) is 0 Å². The third-order valence-corrected chi connectivity index (χ3v) is 4.00. The van der Waals surface area contributed by atoms with Gasteiger partial charge in [0.05, 0.1) is 6.61 Å². The van der Waals surface area contributed by atoms with Crippen LogP contribution in [0.4, 0.5) is 21.0 Å². The molecule has 0 unspecified atom stereocenters. The monoisotopic (exact) mass is 334 g/mol. The van der Waals surface area contributed by atoms with E-state index in [9.17, 15) is 9.59 Å². The Balaban J connectivity index is 1.76. The molecule has 2 N–H and O–H groups in total. The predicted molar refractivity (Wildman–Crippen MR) is 94.5 cm³/mol. The highest BCUT2D eigenvalue weighted by Gasteiger charge is 2.24. The molecule has 0 bridgehead atoms. The van der Waals surface area contributed by atoms with Gasteiger partial charge < -0.3 is 25.2 Å². The first-order chi connectivity index (χ1) is 11.5. The van der Waals surface area contributed by atoms with Gasteiger partial charge in [-0.2, -0.15) is 0 Å². The molecule has 1 heterocycles. The van der Waals surface area contributed by atoms with Crippen molar-refractivity contribution in [3.63, 3.8) is 0 Å². The molecule has 1 aromatic carbocycles. The molecule has 7 heteroatoms. The van der Waals surface area contributed by atoms with Crippen LogP contribution in [0.15, 0.2) is 24.3 Å². The second kappa shape index (κ2) is 8.42. The molecule has 1 saturated heterocycles. The molecule has 1 fully saturated rings. The number of carbonyl (C=O) groups is 2. The minimum atomic E-state index is -0.276. The van der Waals surface area contributed by atoms with Gasteiger partial charge in [-0.15, -0.1) is 0 Å². The Hall–Kier alpha value is -2.44. The third-order valence-electron chi connectivity index (χ3n) is 4.00. The van der Waals surface area contributed by atoms with E-state index in [1.807, 2.05) is 43.3 Å². The highest BCUT2D eigenvalue weighted by Crippen LogP contribution is 2.16. The van der Waals surface area contributed by atoms with Crippen molar-refractivity contribution in [2.24, 2.45) is 0 Å². The Morgan fingerprint density at radius 1 is 1.21 bits per heavy atom. The van der Waals surface area contributed by atoms with Gasteiger partial charge in [-0.3, -0.25) is 0 Å². The summed E-state index contributed by atoms with van der Waals surface area (Å²) in [5, 5.41) is 5.79. The van der Waals surface area contributed by atoms with Crippen LogP contribution in [0.5, 0.6) is 0 Å². The van der Waals surface area contributed by atoms with E-state index in [-0.39, 0.29) is 18.2 Å². The summed E-state index contributed by atoms with van der Waals surface area (Å²) in [4.78, 5) is 27.4. The van der Waals surface area contributed by atoms with Crippen molar-refractivity contribution in [2.45, 2.75) is 25.8 Å². The number of amides is 3. The zero-order valence-corrected chi connectivity index (χ0v) is 14.5. The largest absolute Gasteiger partial charge is 0.450 e. The summed E-state index contributed by atoms with van der Waals surface area (Å²) in [6.45, 7) is 3.37. The molecular formula is C17H26N4O3. The summed E-state index contributed by atoms with van der Waals surface area (Å²) in [6.07, 6.45) is 1.18. The van der Waals surface area contributed by atoms with E-state index in [1.165, 1.54) is 0 Å². The quantitative estimate of drug-likeness (QED) is 0.887. The zero-order chi connectivity index (χ0) is 17.5. The molecule has 3 amide bonds. The number of piperidine rings is 1. The standard InChI is InChI=1S/C17H26N4O3/c1-4-24-17(23)21-11-9-14(10-12-21)19-16(22)18-13-5-7-15(8-6-13)20(2)3/h5-8,14H,4,9-12H2,1-3H3,(H2,18,19,22). The Kier molecular flexibility index (Phi) is 6.28. The molecule has 1 aliphatic rings. The van der Waals surface area contributed by atoms with Crippen LogP contribution in [0, 0.1) is 0 Å². The lowest BCUT2D eigenvalue weighted by molar-refractivity contribution is 0.0959. The molecule has 0 radical (unpaired) electrons. The molecule has 1 aliphatic heterocycles. The van der Waals surface area contributed by atoms with E-state index in [0.29, 0.717) is 19.7 Å². The molecule has 0 spiro atoms. The van der Waals surface area contributed by atoms with Crippen molar-refractivity contribution in [1.82, 2.24) is 10.2 Å². The maximum Gasteiger partial charge on any atom is 0.409 e. The van der Waals surface area contributed by atoms with E-state index in [4.69, 9.17) is 4.74 Å². The second-order valence-electron chi connectivity index (χ2n) is 6.00. The van der Waals surface area contributed by atoms with Crippen LogP contribution in [-0.4, -0.2) is 56.9 Å². The van der Waals surface area contributed by atoms with Crippen molar-refractivity contribution in [2.75, 3.05) is 44.0 Å². The number of urea groups is 1. The molecule has 0 saturated carbocycles. The predicted octanol–water partition coefficient (Wildman–Crippen LogP) is 2.50. The van der Waals surface area contributed by atoms with E-state index in [0.717, 1.165) is 24.2 Å². The molecule has 0 atom stereocenters. The SMILES string of the molecule is CCOC(=O)N1CCC(NC(=O)Nc2ccc(N(C)C)cc2)CC1. The molecule has 132 valence electrons. The minimum Gasteiger partial charge on any atom is -0.450 e. The third kappa shape index (κ3) is 5.04. The fraction of sp³-hybridized carbons (Fsp3) is 0.529. The number of nitrogens with zero attached hydrogens (tertiary/aromatic N) is 2. The van der Waals surface area contributed by atoms with E-state index in [2.05, 4.69) is 10.6 Å². The smallest absolute Gasteiger partial charge is 0.409 e.